The van der Waals surface area contributed by atoms with Gasteiger partial charge in [-0.15, -0.1) is 15.3 Å². The van der Waals surface area contributed by atoms with Crippen molar-refractivity contribution in [2.24, 2.45) is 20.5 Å². The molecule has 0 atom stereocenters. The van der Waals surface area contributed by atoms with Crippen molar-refractivity contribution >= 4 is 101 Å². The van der Waals surface area contributed by atoms with Crippen LogP contribution < -0.4 is 5.73 Å². The van der Waals surface area contributed by atoms with Crippen LogP contribution in [0.2, 0.25) is 0 Å². The first-order valence-electron chi connectivity index (χ1n) is 14.0. The number of azo groups is 2. The van der Waals surface area contributed by atoms with Gasteiger partial charge in [0.15, 0.2) is 5.75 Å². The van der Waals surface area contributed by atoms with Crippen molar-refractivity contribution < 1.29 is 57.0 Å². The maximum Gasteiger partial charge on any atom is 0.296 e. The van der Waals surface area contributed by atoms with Gasteiger partial charge in [0, 0.05) is 27.2 Å². The number of anilines is 1. The summed E-state index contributed by atoms with van der Waals surface area (Å²) in [4.78, 5) is -2.67. The highest BCUT2D eigenvalue weighted by molar-refractivity contribution is 7.86. The lowest BCUT2D eigenvalue weighted by molar-refractivity contribution is 0.472. The van der Waals surface area contributed by atoms with Crippen molar-refractivity contribution in [2.75, 3.05) is 5.73 Å². The predicted molar refractivity (Wildman–Crippen MR) is 186 cm³/mol. The Morgan fingerprint density at radius 3 is 1.75 bits per heavy atom. The number of phenols is 1. The molecule has 18 nitrogen and oxygen atoms in total. The second-order valence-corrected chi connectivity index (χ2v) is 16.6. The smallest absolute Gasteiger partial charge is 0.296 e. The topological polar surface area (TPSA) is 313 Å². The van der Waals surface area contributed by atoms with Gasteiger partial charge in [0.05, 0.1) is 26.9 Å². The molecule has 0 spiro atoms. The molecule has 0 fully saturated rings. The third-order valence-electron chi connectivity index (χ3n) is 7.60. The number of benzene rings is 6. The van der Waals surface area contributed by atoms with Crippen LogP contribution in [0, 0.1) is 0 Å². The average molecular weight is 788 g/mol. The van der Waals surface area contributed by atoms with Crippen LogP contribution >= 0.6 is 0 Å². The molecule has 0 unspecified atom stereocenters. The largest absolute Gasteiger partial charge is 0.505 e. The van der Waals surface area contributed by atoms with Gasteiger partial charge in [-0.1, -0.05) is 24.3 Å². The molecule has 6 rings (SSSR count). The van der Waals surface area contributed by atoms with Crippen molar-refractivity contribution in [3.8, 4) is 5.75 Å². The Kier molecular flexibility index (Phi) is 8.83. The monoisotopic (exact) mass is 787 g/mol. The van der Waals surface area contributed by atoms with Crippen LogP contribution in [0.4, 0.5) is 28.4 Å². The SMILES string of the molecule is Nc1cc(S(=O)(=O)O)cc2cc(S(=O)(=O)O)c(/N=N\c3ccc(/N=N\c4ccc5c(S(=O)(=O)O)cccc5c4)c4ccc(S(=O)(=O)O)cc34)c(O)c12. The second-order valence-electron chi connectivity index (χ2n) is 11.0. The number of nitrogen functional groups attached to an aromatic ring is 1. The van der Waals surface area contributed by atoms with E-state index in [9.17, 15) is 57.0 Å². The van der Waals surface area contributed by atoms with E-state index in [0.29, 0.717) is 5.39 Å². The van der Waals surface area contributed by atoms with Crippen LogP contribution in [0.25, 0.3) is 32.3 Å². The van der Waals surface area contributed by atoms with Crippen LogP contribution in [0.3, 0.4) is 0 Å². The summed E-state index contributed by atoms with van der Waals surface area (Å²) in [5.74, 6) is -0.958. The highest BCUT2D eigenvalue weighted by atomic mass is 32.2. The number of hydrogen-bond donors (Lipinski definition) is 6. The van der Waals surface area contributed by atoms with Gasteiger partial charge >= 0.3 is 0 Å². The number of nitrogens with two attached hydrogens (primary N) is 1. The van der Waals surface area contributed by atoms with Gasteiger partial charge in [-0.2, -0.15) is 38.8 Å². The molecule has 0 heterocycles. The highest BCUT2D eigenvalue weighted by Gasteiger charge is 2.25. The molecule has 0 radical (unpaired) electrons. The molecule has 0 aliphatic rings. The average Bonchev–Trinajstić information content (AvgIpc) is 3.04. The Morgan fingerprint density at radius 1 is 0.500 bits per heavy atom. The van der Waals surface area contributed by atoms with E-state index >= 15 is 0 Å². The van der Waals surface area contributed by atoms with E-state index in [1.54, 1.807) is 6.07 Å². The lowest BCUT2D eigenvalue weighted by atomic mass is 10.1. The molecular formula is C30H21N5O13S4. The maximum absolute atomic E-state index is 12.4. The Bertz CT molecular complexity index is 3040. The molecule has 0 saturated heterocycles. The number of rotatable bonds is 8. The van der Waals surface area contributed by atoms with Crippen molar-refractivity contribution in [2.45, 2.75) is 19.6 Å². The molecule has 52 heavy (non-hydrogen) atoms. The number of phenolic OH excluding ortho intramolecular Hbond substituents is 1. The summed E-state index contributed by atoms with van der Waals surface area (Å²) in [6.07, 6.45) is 0. The van der Waals surface area contributed by atoms with Crippen molar-refractivity contribution in [3.05, 3.63) is 84.9 Å². The number of aromatic hydroxyl groups is 1. The lowest BCUT2D eigenvalue weighted by Crippen LogP contribution is -2.02. The minimum Gasteiger partial charge on any atom is -0.505 e. The van der Waals surface area contributed by atoms with Crippen LogP contribution in [0.1, 0.15) is 0 Å². The van der Waals surface area contributed by atoms with E-state index in [-0.39, 0.29) is 48.9 Å². The zero-order valence-electron chi connectivity index (χ0n) is 25.6. The van der Waals surface area contributed by atoms with Gasteiger partial charge in [0.25, 0.3) is 40.5 Å². The first kappa shape index (κ1) is 36.3. The summed E-state index contributed by atoms with van der Waals surface area (Å²) < 4.78 is 134. The fraction of sp³-hybridized carbons (Fsp3) is 0. The van der Waals surface area contributed by atoms with Crippen LogP contribution in [0.15, 0.2) is 125 Å². The predicted octanol–water partition coefficient (Wildman–Crippen LogP) is 6.25. The molecule has 0 bridgehead atoms. The van der Waals surface area contributed by atoms with Crippen molar-refractivity contribution in [1.82, 2.24) is 0 Å². The fourth-order valence-electron chi connectivity index (χ4n) is 5.31. The van der Waals surface area contributed by atoms with E-state index in [1.165, 1.54) is 48.5 Å². The van der Waals surface area contributed by atoms with Crippen LogP contribution in [-0.2, 0) is 40.5 Å². The van der Waals surface area contributed by atoms with Gasteiger partial charge in [-0.3, -0.25) is 18.2 Å². The Balaban J connectivity index is 1.50. The van der Waals surface area contributed by atoms with Gasteiger partial charge in [-0.25, -0.2) is 0 Å². The van der Waals surface area contributed by atoms with E-state index in [4.69, 9.17) is 5.73 Å². The zero-order valence-corrected chi connectivity index (χ0v) is 28.9. The summed E-state index contributed by atoms with van der Waals surface area (Å²) in [5.41, 5.74) is 4.83. The van der Waals surface area contributed by atoms with Gasteiger partial charge < -0.3 is 10.8 Å². The van der Waals surface area contributed by atoms with Gasteiger partial charge in [0.1, 0.15) is 15.5 Å². The minimum atomic E-state index is -5.19. The van der Waals surface area contributed by atoms with Gasteiger partial charge in [-0.05, 0) is 71.4 Å². The maximum atomic E-state index is 12.4. The number of nitrogens with zero attached hydrogens (tertiary/aromatic N) is 4. The quantitative estimate of drug-likeness (QED) is 0.0564. The summed E-state index contributed by atoms with van der Waals surface area (Å²) in [6.45, 7) is 0. The molecule has 0 aliphatic carbocycles. The first-order chi connectivity index (χ1) is 24.1. The third-order valence-corrected chi connectivity index (χ3v) is 11.1. The van der Waals surface area contributed by atoms with Crippen molar-refractivity contribution in [1.29, 1.82) is 0 Å². The molecule has 6 aromatic carbocycles. The summed E-state index contributed by atoms with van der Waals surface area (Å²) >= 11 is 0. The summed E-state index contributed by atoms with van der Waals surface area (Å²) in [5, 5.41) is 27.4. The van der Waals surface area contributed by atoms with Crippen LogP contribution in [-0.4, -0.2) is 57.0 Å². The standard InChI is InChI=1S/C30H21N5O13S4/c31-23-14-19(50(40,41)42)11-16-12-27(52(46,47)48)29(30(36)28(16)23)35-34-25-9-8-24(21-7-5-18(13-22(21)25)49(37,38)39)33-32-17-4-6-20-15(10-17)2-1-3-26(20)51(43,44)45/h1-14,36H,31H2,(H,37,38,39)(H,40,41,42)(H,43,44,45)(H,46,47,48)/b33-32-,35-34-. The molecule has 0 amide bonds. The minimum absolute atomic E-state index is 0.0300. The number of hydrogen-bond acceptors (Lipinski definition) is 14. The Morgan fingerprint density at radius 2 is 1.12 bits per heavy atom. The first-order valence-corrected chi connectivity index (χ1v) is 19.8. The normalized spacial score (nSPS) is 13.2. The number of fused-ring (bicyclic) bond motifs is 3. The molecule has 0 aliphatic heterocycles. The van der Waals surface area contributed by atoms with Gasteiger partial charge in [0.2, 0.25) is 0 Å². The third kappa shape index (κ3) is 7.04. The summed E-state index contributed by atoms with van der Waals surface area (Å²) in [7, 11) is -19.3. The Labute approximate surface area is 293 Å². The molecule has 0 aromatic heterocycles. The highest BCUT2D eigenvalue weighted by Crippen LogP contribution is 2.45. The molecule has 268 valence electrons. The van der Waals surface area contributed by atoms with E-state index in [2.05, 4.69) is 20.5 Å². The van der Waals surface area contributed by atoms with E-state index in [1.807, 2.05) is 0 Å². The molecule has 6 aromatic rings. The fourth-order valence-corrected chi connectivity index (χ4v) is 7.74. The van der Waals surface area contributed by atoms with Crippen LogP contribution in [0.5, 0.6) is 5.75 Å². The lowest BCUT2D eigenvalue weighted by Gasteiger charge is -2.12. The Hall–Kier alpha value is -5.46. The molecule has 7 N–H and O–H groups in total. The molecular weight excluding hydrogens is 767 g/mol. The van der Waals surface area contributed by atoms with E-state index in [0.717, 1.165) is 30.3 Å². The van der Waals surface area contributed by atoms with Crippen molar-refractivity contribution in [3.63, 3.8) is 0 Å². The van der Waals surface area contributed by atoms with E-state index < -0.39 is 72.3 Å². The zero-order chi connectivity index (χ0) is 38.0. The molecule has 0 saturated carbocycles. The second kappa shape index (κ2) is 12.6. The molecule has 22 heteroatoms. The summed E-state index contributed by atoms with van der Waals surface area (Å²) in [6, 6.07) is 16.8.